The Morgan fingerprint density at radius 2 is 1.38 bits per heavy atom. The van der Waals surface area contributed by atoms with Crippen molar-refractivity contribution in [3.8, 4) is 17.2 Å². The number of halogens is 1. The molecule has 2 aromatic rings. The quantitative estimate of drug-likeness (QED) is 0.530. The van der Waals surface area contributed by atoms with Crippen LogP contribution >= 0.6 is 15.9 Å². The highest BCUT2D eigenvalue weighted by Gasteiger charge is 2.06. The Kier molecular flexibility index (Phi) is 7.59. The van der Waals surface area contributed by atoms with Crippen molar-refractivity contribution < 1.29 is 14.2 Å². The number of aliphatic imine (C=N–C) groups is 1. The van der Waals surface area contributed by atoms with Gasteiger partial charge < -0.3 is 24.8 Å². The maximum atomic E-state index is 5.33. The summed E-state index contributed by atoms with van der Waals surface area (Å²) in [4.78, 5) is 4.25. The molecule has 2 rings (SSSR count). The van der Waals surface area contributed by atoms with Gasteiger partial charge in [-0.3, -0.25) is 4.99 Å². The first-order valence-electron chi connectivity index (χ1n) is 8.09. The molecule has 0 aromatic heterocycles. The fraction of sp³-hybridized carbons (Fsp3) is 0.316. The van der Waals surface area contributed by atoms with Gasteiger partial charge in [-0.25, -0.2) is 0 Å². The van der Waals surface area contributed by atoms with Gasteiger partial charge >= 0.3 is 0 Å². The highest BCUT2D eigenvalue weighted by molar-refractivity contribution is 9.10. The predicted octanol–water partition coefficient (Wildman–Crippen LogP) is 3.34. The molecule has 0 aliphatic carbocycles. The number of benzene rings is 2. The average Bonchev–Trinajstić information content (AvgIpc) is 2.68. The lowest BCUT2D eigenvalue weighted by Crippen LogP contribution is -2.36. The van der Waals surface area contributed by atoms with Crippen LogP contribution in [-0.4, -0.2) is 34.3 Å². The lowest BCUT2D eigenvalue weighted by atomic mass is 10.2. The smallest absolute Gasteiger partial charge is 0.191 e. The molecule has 0 bridgehead atoms. The van der Waals surface area contributed by atoms with Crippen molar-refractivity contribution in [2.75, 3.05) is 28.4 Å². The fourth-order valence-corrected chi connectivity index (χ4v) is 2.99. The Balaban J connectivity index is 1.93. The molecule has 0 saturated carbocycles. The van der Waals surface area contributed by atoms with E-state index in [2.05, 4.69) is 31.6 Å². The number of methoxy groups -OCH3 is 3. The van der Waals surface area contributed by atoms with E-state index in [1.807, 2.05) is 36.4 Å². The summed E-state index contributed by atoms with van der Waals surface area (Å²) in [5.41, 5.74) is 2.18. The SMILES string of the molecule is CN=C(NCc1ccc(OC)c(Br)c1)NCc1ccc(OC)c(OC)c1. The summed E-state index contributed by atoms with van der Waals surface area (Å²) in [6.07, 6.45) is 0. The van der Waals surface area contributed by atoms with Crippen molar-refractivity contribution in [3.63, 3.8) is 0 Å². The molecule has 7 heteroatoms. The highest BCUT2D eigenvalue weighted by Crippen LogP contribution is 2.27. The number of hydrogen-bond acceptors (Lipinski definition) is 4. The minimum absolute atomic E-state index is 0.617. The summed E-state index contributed by atoms with van der Waals surface area (Å²) in [5, 5.41) is 6.58. The third-order valence-electron chi connectivity index (χ3n) is 3.81. The van der Waals surface area contributed by atoms with E-state index in [4.69, 9.17) is 14.2 Å². The number of hydrogen-bond donors (Lipinski definition) is 2. The van der Waals surface area contributed by atoms with Gasteiger partial charge in [-0.2, -0.15) is 0 Å². The van der Waals surface area contributed by atoms with Gasteiger partial charge in [0.1, 0.15) is 5.75 Å². The number of guanidine groups is 1. The molecule has 0 aliphatic rings. The van der Waals surface area contributed by atoms with E-state index in [0.717, 1.165) is 21.3 Å². The Hall–Kier alpha value is -2.41. The van der Waals surface area contributed by atoms with E-state index < -0.39 is 0 Å². The molecule has 0 aliphatic heterocycles. The number of nitrogens with zero attached hydrogens (tertiary/aromatic N) is 1. The van der Waals surface area contributed by atoms with E-state index in [1.54, 1.807) is 28.4 Å². The van der Waals surface area contributed by atoms with Gasteiger partial charge in [-0.05, 0) is 51.3 Å². The lowest BCUT2D eigenvalue weighted by Gasteiger charge is -2.14. The van der Waals surface area contributed by atoms with Gasteiger partial charge in [0.25, 0.3) is 0 Å². The van der Waals surface area contributed by atoms with E-state index in [-0.39, 0.29) is 0 Å². The van der Waals surface area contributed by atoms with Crippen LogP contribution in [0.2, 0.25) is 0 Å². The van der Waals surface area contributed by atoms with Crippen LogP contribution in [0.25, 0.3) is 0 Å². The van der Waals surface area contributed by atoms with Crippen molar-refractivity contribution in [3.05, 3.63) is 52.0 Å². The van der Waals surface area contributed by atoms with E-state index in [9.17, 15) is 0 Å². The molecule has 0 radical (unpaired) electrons. The molecule has 0 spiro atoms. The number of rotatable bonds is 7. The summed E-state index contributed by atoms with van der Waals surface area (Å²) in [5.74, 6) is 2.94. The van der Waals surface area contributed by atoms with Crippen LogP contribution in [0.5, 0.6) is 17.2 Å². The first-order chi connectivity index (χ1) is 12.6. The molecule has 0 saturated heterocycles. The van der Waals surface area contributed by atoms with E-state index in [1.165, 1.54) is 0 Å². The zero-order chi connectivity index (χ0) is 18.9. The van der Waals surface area contributed by atoms with Crippen LogP contribution in [0.4, 0.5) is 0 Å². The molecule has 2 aromatic carbocycles. The maximum Gasteiger partial charge on any atom is 0.191 e. The summed E-state index contributed by atoms with van der Waals surface area (Å²) in [6, 6.07) is 11.8. The van der Waals surface area contributed by atoms with E-state index in [0.29, 0.717) is 30.5 Å². The Bertz CT molecular complexity index is 766. The van der Waals surface area contributed by atoms with Crippen LogP contribution in [0.3, 0.4) is 0 Å². The van der Waals surface area contributed by atoms with E-state index >= 15 is 0 Å². The first-order valence-corrected chi connectivity index (χ1v) is 8.88. The van der Waals surface area contributed by atoms with Crippen LogP contribution in [-0.2, 0) is 13.1 Å². The van der Waals surface area contributed by atoms with Crippen LogP contribution in [0.1, 0.15) is 11.1 Å². The van der Waals surface area contributed by atoms with Gasteiger partial charge in [0, 0.05) is 20.1 Å². The molecule has 0 heterocycles. The zero-order valence-electron chi connectivity index (χ0n) is 15.4. The fourth-order valence-electron chi connectivity index (χ4n) is 2.40. The number of nitrogens with one attached hydrogen (secondary N) is 2. The molecule has 26 heavy (non-hydrogen) atoms. The third-order valence-corrected chi connectivity index (χ3v) is 4.43. The van der Waals surface area contributed by atoms with Gasteiger partial charge in [0.15, 0.2) is 17.5 Å². The Morgan fingerprint density at radius 1 is 0.846 bits per heavy atom. The monoisotopic (exact) mass is 421 g/mol. The minimum Gasteiger partial charge on any atom is -0.496 e. The van der Waals surface area contributed by atoms with Crippen molar-refractivity contribution in [1.82, 2.24) is 10.6 Å². The standard InChI is InChI=1S/C19H24BrN3O3/c1-21-19(22-11-13-5-7-16(24-2)15(20)9-13)23-12-14-6-8-17(25-3)18(10-14)26-4/h5-10H,11-12H2,1-4H3,(H2,21,22,23). The van der Waals surface area contributed by atoms with Crippen LogP contribution in [0.15, 0.2) is 45.9 Å². The normalized spacial score (nSPS) is 11.0. The van der Waals surface area contributed by atoms with Gasteiger partial charge in [0.05, 0.1) is 25.8 Å². The lowest BCUT2D eigenvalue weighted by molar-refractivity contribution is 0.354. The summed E-state index contributed by atoms with van der Waals surface area (Å²) >= 11 is 3.50. The predicted molar refractivity (Wildman–Crippen MR) is 107 cm³/mol. The molecular formula is C19H24BrN3O3. The molecule has 0 unspecified atom stereocenters. The average molecular weight is 422 g/mol. The number of ether oxygens (including phenoxy) is 3. The molecule has 0 atom stereocenters. The first kappa shape index (κ1) is 19.9. The van der Waals surface area contributed by atoms with Crippen LogP contribution in [0, 0.1) is 0 Å². The summed E-state index contributed by atoms with van der Waals surface area (Å²) in [7, 11) is 6.65. The molecule has 0 fully saturated rings. The topological polar surface area (TPSA) is 64.1 Å². The molecule has 2 N–H and O–H groups in total. The second-order valence-corrected chi connectivity index (χ2v) is 6.29. The van der Waals surface area contributed by atoms with Crippen molar-refractivity contribution in [1.29, 1.82) is 0 Å². The summed E-state index contributed by atoms with van der Waals surface area (Å²) < 4.78 is 16.8. The molecule has 0 amide bonds. The minimum atomic E-state index is 0.617. The zero-order valence-corrected chi connectivity index (χ0v) is 17.0. The molecular weight excluding hydrogens is 398 g/mol. The van der Waals surface area contributed by atoms with Crippen LogP contribution < -0.4 is 24.8 Å². The third kappa shape index (κ3) is 5.29. The highest BCUT2D eigenvalue weighted by atomic mass is 79.9. The second kappa shape index (κ2) is 9.91. The Morgan fingerprint density at radius 3 is 1.88 bits per heavy atom. The van der Waals surface area contributed by atoms with Crippen molar-refractivity contribution >= 4 is 21.9 Å². The van der Waals surface area contributed by atoms with Gasteiger partial charge in [-0.1, -0.05) is 12.1 Å². The summed E-state index contributed by atoms with van der Waals surface area (Å²) in [6.45, 7) is 1.26. The van der Waals surface area contributed by atoms with Crippen molar-refractivity contribution in [2.45, 2.75) is 13.1 Å². The molecule has 6 nitrogen and oxygen atoms in total. The largest absolute Gasteiger partial charge is 0.496 e. The van der Waals surface area contributed by atoms with Gasteiger partial charge in [0.2, 0.25) is 0 Å². The maximum absolute atomic E-state index is 5.33. The Labute approximate surface area is 162 Å². The van der Waals surface area contributed by atoms with Crippen molar-refractivity contribution in [2.24, 2.45) is 4.99 Å². The van der Waals surface area contributed by atoms with Gasteiger partial charge in [-0.15, -0.1) is 0 Å². The molecule has 140 valence electrons. The second-order valence-electron chi connectivity index (χ2n) is 5.44.